The van der Waals surface area contributed by atoms with Crippen molar-refractivity contribution in [2.45, 2.75) is 12.5 Å². The molecule has 0 spiro atoms. The number of aromatic nitrogens is 1. The van der Waals surface area contributed by atoms with Crippen LogP contribution in [-0.4, -0.2) is 28.0 Å². The molecule has 1 atom stereocenters. The maximum atomic E-state index is 13.5. The molecule has 7 heteroatoms. The number of pyridine rings is 1. The van der Waals surface area contributed by atoms with Gasteiger partial charge < -0.3 is 10.4 Å². The van der Waals surface area contributed by atoms with Crippen molar-refractivity contribution in [3.8, 4) is 0 Å². The van der Waals surface area contributed by atoms with Gasteiger partial charge in [0.15, 0.2) is 0 Å². The molecule has 0 aliphatic heterocycles. The predicted molar refractivity (Wildman–Crippen MR) is 78.2 cm³/mol. The molecule has 0 fully saturated rings. The van der Waals surface area contributed by atoms with E-state index in [4.69, 9.17) is 11.6 Å². The van der Waals surface area contributed by atoms with E-state index in [1.165, 1.54) is 30.5 Å². The smallest absolute Gasteiger partial charge is 0.326 e. The van der Waals surface area contributed by atoms with Gasteiger partial charge in [-0.3, -0.25) is 4.79 Å². The maximum Gasteiger partial charge on any atom is 0.326 e. The van der Waals surface area contributed by atoms with Gasteiger partial charge in [0, 0.05) is 12.6 Å². The molecule has 0 radical (unpaired) electrons. The summed E-state index contributed by atoms with van der Waals surface area (Å²) in [5.74, 6) is -2.72. The van der Waals surface area contributed by atoms with Crippen LogP contribution in [0.15, 0.2) is 42.6 Å². The van der Waals surface area contributed by atoms with E-state index in [-0.39, 0.29) is 17.1 Å². The van der Waals surface area contributed by atoms with Crippen LogP contribution < -0.4 is 5.32 Å². The number of amides is 1. The number of carbonyl (C=O) groups excluding carboxylic acids is 1. The van der Waals surface area contributed by atoms with Gasteiger partial charge in [-0.25, -0.2) is 14.2 Å². The van der Waals surface area contributed by atoms with Crippen molar-refractivity contribution in [3.63, 3.8) is 0 Å². The van der Waals surface area contributed by atoms with E-state index < -0.39 is 23.7 Å². The SMILES string of the molecule is O=C(N[C@@H](Cc1ccc(Cl)nc1)C(=O)O)c1ccccc1F. The van der Waals surface area contributed by atoms with E-state index in [1.807, 2.05) is 0 Å². The third-order valence-electron chi connectivity index (χ3n) is 2.95. The lowest BCUT2D eigenvalue weighted by molar-refractivity contribution is -0.139. The summed E-state index contributed by atoms with van der Waals surface area (Å²) in [5.41, 5.74) is 0.383. The van der Waals surface area contributed by atoms with Gasteiger partial charge in [0.25, 0.3) is 5.91 Å². The lowest BCUT2D eigenvalue weighted by atomic mass is 10.1. The van der Waals surface area contributed by atoms with E-state index in [1.54, 1.807) is 6.07 Å². The lowest BCUT2D eigenvalue weighted by Crippen LogP contribution is -2.42. The van der Waals surface area contributed by atoms with Gasteiger partial charge in [-0.15, -0.1) is 0 Å². The summed E-state index contributed by atoms with van der Waals surface area (Å²) in [4.78, 5) is 27.1. The first-order chi connectivity index (χ1) is 10.5. The summed E-state index contributed by atoms with van der Waals surface area (Å²) in [6, 6.07) is 7.29. The zero-order chi connectivity index (χ0) is 16.1. The van der Waals surface area contributed by atoms with E-state index in [9.17, 15) is 19.1 Å². The molecule has 5 nitrogen and oxygen atoms in total. The summed E-state index contributed by atoms with van der Waals surface area (Å²) < 4.78 is 13.5. The molecule has 0 saturated heterocycles. The number of benzene rings is 1. The van der Waals surface area contributed by atoms with Crippen molar-refractivity contribution in [2.75, 3.05) is 0 Å². The zero-order valence-corrected chi connectivity index (χ0v) is 12.0. The first kappa shape index (κ1) is 15.9. The Labute approximate surface area is 130 Å². The number of hydrogen-bond donors (Lipinski definition) is 2. The number of aliphatic carboxylic acids is 1. The molecule has 2 N–H and O–H groups in total. The number of halogens is 2. The molecule has 1 aromatic carbocycles. The van der Waals surface area contributed by atoms with Gasteiger partial charge in [-0.05, 0) is 23.8 Å². The Morgan fingerprint density at radius 3 is 2.59 bits per heavy atom. The fourth-order valence-corrected chi connectivity index (χ4v) is 1.96. The van der Waals surface area contributed by atoms with Crippen molar-refractivity contribution < 1.29 is 19.1 Å². The molecule has 2 rings (SSSR count). The van der Waals surface area contributed by atoms with Gasteiger partial charge in [0.1, 0.15) is 17.0 Å². The average Bonchev–Trinajstić information content (AvgIpc) is 2.49. The van der Waals surface area contributed by atoms with Crippen molar-refractivity contribution >= 4 is 23.5 Å². The third-order valence-corrected chi connectivity index (χ3v) is 3.17. The molecule has 0 bridgehead atoms. The topological polar surface area (TPSA) is 79.3 Å². The van der Waals surface area contributed by atoms with Gasteiger partial charge in [-0.2, -0.15) is 0 Å². The Morgan fingerprint density at radius 2 is 2.00 bits per heavy atom. The summed E-state index contributed by atoms with van der Waals surface area (Å²) in [6.07, 6.45) is 1.44. The highest BCUT2D eigenvalue weighted by Crippen LogP contribution is 2.10. The number of hydrogen-bond acceptors (Lipinski definition) is 3. The highest BCUT2D eigenvalue weighted by atomic mass is 35.5. The van der Waals surface area contributed by atoms with Crippen LogP contribution >= 0.6 is 11.6 Å². The highest BCUT2D eigenvalue weighted by Gasteiger charge is 2.22. The average molecular weight is 323 g/mol. The number of carboxylic acids is 1. The fraction of sp³-hybridized carbons (Fsp3) is 0.133. The van der Waals surface area contributed by atoms with E-state index in [2.05, 4.69) is 10.3 Å². The zero-order valence-electron chi connectivity index (χ0n) is 11.3. The predicted octanol–water partition coefficient (Wildman–Crippen LogP) is 2.30. The first-order valence-electron chi connectivity index (χ1n) is 6.36. The fourth-order valence-electron chi connectivity index (χ4n) is 1.84. The molecule has 0 aliphatic rings. The van der Waals surface area contributed by atoms with Crippen LogP contribution in [0.25, 0.3) is 0 Å². The molecule has 1 aromatic heterocycles. The molecular formula is C15H12ClFN2O3. The second-order valence-electron chi connectivity index (χ2n) is 4.54. The van der Waals surface area contributed by atoms with Gasteiger partial charge >= 0.3 is 5.97 Å². The van der Waals surface area contributed by atoms with Crippen LogP contribution in [0.1, 0.15) is 15.9 Å². The number of nitrogens with one attached hydrogen (secondary N) is 1. The summed E-state index contributed by atoms with van der Waals surface area (Å²) in [5, 5.41) is 11.8. The normalized spacial score (nSPS) is 11.7. The first-order valence-corrected chi connectivity index (χ1v) is 6.74. The van der Waals surface area contributed by atoms with Crippen LogP contribution in [0.3, 0.4) is 0 Å². The standard InChI is InChI=1S/C15H12ClFN2O3/c16-13-6-5-9(8-18-13)7-12(15(21)22)19-14(20)10-3-1-2-4-11(10)17/h1-6,8,12H,7H2,(H,19,20)(H,21,22)/t12-/m0/s1. The number of rotatable bonds is 5. The highest BCUT2D eigenvalue weighted by molar-refractivity contribution is 6.29. The molecular weight excluding hydrogens is 311 g/mol. The number of nitrogens with zero attached hydrogens (tertiary/aromatic N) is 1. The van der Waals surface area contributed by atoms with E-state index in [0.29, 0.717) is 5.56 Å². The van der Waals surface area contributed by atoms with Gasteiger partial charge in [0.2, 0.25) is 0 Å². The second kappa shape index (κ2) is 7.00. The summed E-state index contributed by atoms with van der Waals surface area (Å²) in [7, 11) is 0. The molecule has 0 saturated carbocycles. The quantitative estimate of drug-likeness (QED) is 0.828. The van der Waals surface area contributed by atoms with Crippen molar-refractivity contribution in [1.82, 2.24) is 10.3 Å². The minimum absolute atomic E-state index is 0.0136. The Balaban J connectivity index is 2.12. The minimum atomic E-state index is -1.22. The molecule has 0 unspecified atom stereocenters. The molecule has 1 amide bonds. The molecule has 0 aliphatic carbocycles. The van der Waals surface area contributed by atoms with Crippen molar-refractivity contribution in [3.05, 3.63) is 64.7 Å². The molecule has 114 valence electrons. The van der Waals surface area contributed by atoms with Crippen molar-refractivity contribution in [2.24, 2.45) is 0 Å². The van der Waals surface area contributed by atoms with Crippen LogP contribution in [0, 0.1) is 5.82 Å². The Bertz CT molecular complexity index is 691. The number of carboxylic acid groups (broad SMARTS) is 1. The molecule has 22 heavy (non-hydrogen) atoms. The van der Waals surface area contributed by atoms with Gasteiger partial charge in [-0.1, -0.05) is 29.8 Å². The number of carbonyl (C=O) groups is 2. The van der Waals surface area contributed by atoms with E-state index >= 15 is 0 Å². The Kier molecular flexibility index (Phi) is 5.06. The largest absolute Gasteiger partial charge is 0.480 e. The Morgan fingerprint density at radius 1 is 1.27 bits per heavy atom. The van der Waals surface area contributed by atoms with Crippen LogP contribution in [0.5, 0.6) is 0 Å². The van der Waals surface area contributed by atoms with Crippen LogP contribution in [0.4, 0.5) is 4.39 Å². The van der Waals surface area contributed by atoms with Gasteiger partial charge in [0.05, 0.1) is 5.56 Å². The third kappa shape index (κ3) is 4.02. The van der Waals surface area contributed by atoms with Crippen LogP contribution in [-0.2, 0) is 11.2 Å². The summed E-state index contributed by atoms with van der Waals surface area (Å²) >= 11 is 5.65. The lowest BCUT2D eigenvalue weighted by Gasteiger charge is -2.14. The minimum Gasteiger partial charge on any atom is -0.480 e. The van der Waals surface area contributed by atoms with Crippen molar-refractivity contribution in [1.29, 1.82) is 0 Å². The van der Waals surface area contributed by atoms with Crippen LogP contribution in [0.2, 0.25) is 5.15 Å². The summed E-state index contributed by atoms with van der Waals surface area (Å²) in [6.45, 7) is 0. The second-order valence-corrected chi connectivity index (χ2v) is 4.92. The molecule has 1 heterocycles. The maximum absolute atomic E-state index is 13.5. The Hall–Kier alpha value is -2.47. The monoisotopic (exact) mass is 322 g/mol. The van der Waals surface area contributed by atoms with E-state index in [0.717, 1.165) is 6.07 Å². The molecule has 2 aromatic rings.